The van der Waals surface area contributed by atoms with Crippen molar-refractivity contribution < 1.29 is 4.92 Å². The van der Waals surface area contributed by atoms with E-state index in [-0.39, 0.29) is 17.5 Å². The number of rotatable bonds is 4. The quantitative estimate of drug-likeness (QED) is 0.664. The zero-order chi connectivity index (χ0) is 14.7. The molecule has 0 aliphatic rings. The number of aryl methyl sites for hydroxylation is 1. The van der Waals surface area contributed by atoms with Crippen LogP contribution in [0.3, 0.4) is 0 Å². The SMILES string of the molecule is CNc1ncc([N+](=O)[O-])c(Nc2c(C)cccc2Cl)n1. The summed E-state index contributed by atoms with van der Waals surface area (Å²) in [6, 6.07) is 5.35. The summed E-state index contributed by atoms with van der Waals surface area (Å²) >= 11 is 6.09. The Kier molecular flexibility index (Phi) is 3.99. The first-order chi connectivity index (χ1) is 9.52. The summed E-state index contributed by atoms with van der Waals surface area (Å²) < 4.78 is 0. The third-order valence-electron chi connectivity index (χ3n) is 2.66. The fraction of sp³-hybridized carbons (Fsp3) is 0.167. The van der Waals surface area contributed by atoms with Gasteiger partial charge in [0.25, 0.3) is 0 Å². The van der Waals surface area contributed by atoms with E-state index in [1.807, 2.05) is 13.0 Å². The molecule has 0 spiro atoms. The number of hydrogen-bond acceptors (Lipinski definition) is 6. The minimum atomic E-state index is -0.548. The third kappa shape index (κ3) is 2.77. The number of benzene rings is 1. The van der Waals surface area contributed by atoms with Crippen molar-refractivity contribution in [2.75, 3.05) is 17.7 Å². The first-order valence-corrected chi connectivity index (χ1v) is 6.12. The monoisotopic (exact) mass is 293 g/mol. The van der Waals surface area contributed by atoms with Crippen LogP contribution in [0.5, 0.6) is 0 Å². The lowest BCUT2D eigenvalue weighted by Gasteiger charge is -2.11. The molecular weight excluding hydrogens is 282 g/mol. The highest BCUT2D eigenvalue weighted by molar-refractivity contribution is 6.33. The van der Waals surface area contributed by atoms with E-state index < -0.39 is 4.92 Å². The molecule has 104 valence electrons. The molecule has 0 aliphatic heterocycles. The van der Waals surface area contributed by atoms with E-state index in [4.69, 9.17) is 11.6 Å². The smallest absolute Gasteiger partial charge is 0.329 e. The number of hydrogen-bond donors (Lipinski definition) is 2. The highest BCUT2D eigenvalue weighted by Gasteiger charge is 2.18. The summed E-state index contributed by atoms with van der Waals surface area (Å²) in [5.41, 5.74) is 1.22. The van der Waals surface area contributed by atoms with Gasteiger partial charge in [-0.15, -0.1) is 0 Å². The Hall–Kier alpha value is -2.41. The molecule has 1 aromatic carbocycles. The number of aromatic nitrogens is 2. The van der Waals surface area contributed by atoms with Crippen molar-refractivity contribution in [3.05, 3.63) is 45.1 Å². The van der Waals surface area contributed by atoms with E-state index in [1.165, 1.54) is 0 Å². The zero-order valence-electron chi connectivity index (χ0n) is 10.8. The number of nitrogens with one attached hydrogen (secondary N) is 2. The van der Waals surface area contributed by atoms with Gasteiger partial charge in [0.2, 0.25) is 11.8 Å². The fourth-order valence-electron chi connectivity index (χ4n) is 1.63. The van der Waals surface area contributed by atoms with Gasteiger partial charge in [0.15, 0.2) is 0 Å². The molecule has 0 saturated heterocycles. The number of halogens is 1. The number of nitrogens with zero attached hydrogens (tertiary/aromatic N) is 3. The molecular formula is C12H12ClN5O2. The van der Waals surface area contributed by atoms with E-state index >= 15 is 0 Å². The van der Waals surface area contributed by atoms with Crippen LogP contribution in [0.25, 0.3) is 0 Å². The lowest BCUT2D eigenvalue weighted by molar-refractivity contribution is -0.384. The molecule has 0 bridgehead atoms. The van der Waals surface area contributed by atoms with Crippen LogP contribution >= 0.6 is 11.6 Å². The molecule has 0 fully saturated rings. The van der Waals surface area contributed by atoms with Crippen LogP contribution in [0, 0.1) is 17.0 Å². The minimum absolute atomic E-state index is 0.0885. The standard InChI is InChI=1S/C12H12ClN5O2/c1-7-4-3-5-8(13)10(7)16-11-9(18(19)20)6-15-12(14-2)17-11/h3-6H,1-2H3,(H2,14,15,16,17). The van der Waals surface area contributed by atoms with Crippen molar-refractivity contribution in [3.8, 4) is 0 Å². The van der Waals surface area contributed by atoms with Gasteiger partial charge in [-0.1, -0.05) is 23.7 Å². The van der Waals surface area contributed by atoms with E-state index in [0.717, 1.165) is 11.8 Å². The molecule has 2 N–H and O–H groups in total. The summed E-state index contributed by atoms with van der Waals surface area (Å²) in [5.74, 6) is 0.369. The average molecular weight is 294 g/mol. The molecule has 0 saturated carbocycles. The Morgan fingerprint density at radius 3 is 2.75 bits per heavy atom. The van der Waals surface area contributed by atoms with Gasteiger partial charge < -0.3 is 10.6 Å². The van der Waals surface area contributed by atoms with Gasteiger partial charge in [-0.25, -0.2) is 4.98 Å². The van der Waals surface area contributed by atoms with Crippen molar-refractivity contribution in [3.63, 3.8) is 0 Å². The second kappa shape index (κ2) is 5.70. The van der Waals surface area contributed by atoms with Gasteiger partial charge in [-0.05, 0) is 18.6 Å². The normalized spacial score (nSPS) is 10.2. The average Bonchev–Trinajstić information content (AvgIpc) is 2.42. The van der Waals surface area contributed by atoms with Crippen molar-refractivity contribution in [2.45, 2.75) is 6.92 Å². The van der Waals surface area contributed by atoms with E-state index in [9.17, 15) is 10.1 Å². The summed E-state index contributed by atoms with van der Waals surface area (Å²) in [6.45, 7) is 1.85. The number of nitro groups is 1. The maximum Gasteiger partial charge on any atom is 0.329 e. The van der Waals surface area contributed by atoms with Crippen molar-refractivity contribution in [2.24, 2.45) is 0 Å². The van der Waals surface area contributed by atoms with Crippen LogP contribution in [0.4, 0.5) is 23.1 Å². The van der Waals surface area contributed by atoms with Gasteiger partial charge in [-0.2, -0.15) is 4.98 Å². The van der Waals surface area contributed by atoms with Gasteiger partial charge in [0, 0.05) is 7.05 Å². The molecule has 1 aromatic heterocycles. The fourth-order valence-corrected chi connectivity index (χ4v) is 1.90. The lowest BCUT2D eigenvalue weighted by atomic mass is 10.2. The lowest BCUT2D eigenvalue weighted by Crippen LogP contribution is -2.05. The zero-order valence-corrected chi connectivity index (χ0v) is 11.6. The van der Waals surface area contributed by atoms with Crippen LogP contribution in [-0.4, -0.2) is 21.9 Å². The summed E-state index contributed by atoms with van der Waals surface area (Å²) in [7, 11) is 1.63. The van der Waals surface area contributed by atoms with Crippen LogP contribution < -0.4 is 10.6 Å². The second-order valence-electron chi connectivity index (χ2n) is 3.99. The first kappa shape index (κ1) is 14.0. The maximum atomic E-state index is 11.0. The molecule has 1 heterocycles. The Morgan fingerprint density at radius 2 is 2.15 bits per heavy atom. The van der Waals surface area contributed by atoms with Crippen LogP contribution in [0.15, 0.2) is 24.4 Å². The number of anilines is 3. The van der Waals surface area contributed by atoms with Crippen molar-refractivity contribution in [1.29, 1.82) is 0 Å². The second-order valence-corrected chi connectivity index (χ2v) is 4.40. The molecule has 2 aromatic rings. The number of para-hydroxylation sites is 1. The largest absolute Gasteiger partial charge is 0.357 e. The molecule has 0 amide bonds. The highest BCUT2D eigenvalue weighted by Crippen LogP contribution is 2.31. The molecule has 0 radical (unpaired) electrons. The van der Waals surface area contributed by atoms with Gasteiger partial charge >= 0.3 is 5.69 Å². The molecule has 0 atom stereocenters. The van der Waals surface area contributed by atoms with Crippen molar-refractivity contribution >= 4 is 34.7 Å². The molecule has 0 aliphatic carbocycles. The van der Waals surface area contributed by atoms with E-state index in [2.05, 4.69) is 20.6 Å². The topological polar surface area (TPSA) is 93.0 Å². The Morgan fingerprint density at radius 1 is 1.40 bits per heavy atom. The predicted octanol–water partition coefficient (Wildman–Crippen LogP) is 3.13. The molecule has 0 unspecified atom stereocenters. The molecule has 7 nitrogen and oxygen atoms in total. The van der Waals surface area contributed by atoms with E-state index in [0.29, 0.717) is 10.7 Å². The van der Waals surface area contributed by atoms with Crippen LogP contribution in [0.1, 0.15) is 5.56 Å². The minimum Gasteiger partial charge on any atom is -0.357 e. The van der Waals surface area contributed by atoms with E-state index in [1.54, 1.807) is 19.2 Å². The summed E-state index contributed by atoms with van der Waals surface area (Å²) in [6.07, 6.45) is 1.15. The molecule has 2 rings (SSSR count). The van der Waals surface area contributed by atoms with Crippen LogP contribution in [-0.2, 0) is 0 Å². The van der Waals surface area contributed by atoms with Gasteiger partial charge in [-0.3, -0.25) is 10.1 Å². The first-order valence-electron chi connectivity index (χ1n) is 5.74. The Bertz CT molecular complexity index is 642. The third-order valence-corrected chi connectivity index (χ3v) is 2.97. The van der Waals surface area contributed by atoms with Crippen LogP contribution in [0.2, 0.25) is 5.02 Å². The highest BCUT2D eigenvalue weighted by atomic mass is 35.5. The predicted molar refractivity (Wildman–Crippen MR) is 77.7 cm³/mol. The molecule has 20 heavy (non-hydrogen) atoms. The maximum absolute atomic E-state index is 11.0. The molecule has 8 heteroatoms. The summed E-state index contributed by atoms with van der Waals surface area (Å²) in [5, 5.41) is 17.1. The Labute approximate surface area is 120 Å². The van der Waals surface area contributed by atoms with Crippen molar-refractivity contribution in [1.82, 2.24) is 9.97 Å². The van der Waals surface area contributed by atoms with Gasteiger partial charge in [0.05, 0.1) is 15.6 Å². The Balaban J connectivity index is 2.49. The summed E-state index contributed by atoms with van der Waals surface area (Å²) in [4.78, 5) is 18.4. The van der Waals surface area contributed by atoms with Gasteiger partial charge in [0.1, 0.15) is 6.20 Å².